The number of esters is 2. The number of amidine groups is 1. The number of carbonyl (C=O) groups is 5. The van der Waals surface area contributed by atoms with Gasteiger partial charge in [-0.25, -0.2) is 0 Å². The van der Waals surface area contributed by atoms with Gasteiger partial charge in [0.15, 0.2) is 17.9 Å². The van der Waals surface area contributed by atoms with Crippen molar-refractivity contribution < 1.29 is 73.4 Å². The summed E-state index contributed by atoms with van der Waals surface area (Å²) in [6, 6.07) is -3.65. The quantitative estimate of drug-likeness (QED) is 0.0452. The van der Waals surface area contributed by atoms with Crippen molar-refractivity contribution in [2.75, 3.05) is 21.1 Å². The number of nitrogens with one attached hydrogen (secondary N) is 2. The molecule has 6 N–H and O–H groups in total. The summed E-state index contributed by atoms with van der Waals surface area (Å²) < 4.78 is 11.4. The number of ether oxygens (including phenoxy) is 2. The third-order valence-corrected chi connectivity index (χ3v) is 9.02. The van der Waals surface area contributed by atoms with E-state index in [2.05, 4.69) is 15.6 Å². The molecule has 2 rings (SSSR count). The molecule has 0 bridgehead atoms. The van der Waals surface area contributed by atoms with Gasteiger partial charge in [0, 0.05) is 20.4 Å². The molecule has 16 nitrogen and oxygen atoms in total. The predicted octanol–water partition coefficient (Wildman–Crippen LogP) is 1.04. The van der Waals surface area contributed by atoms with E-state index in [1.807, 2.05) is 25.9 Å². The topological polar surface area (TPSA) is 228 Å². The van der Waals surface area contributed by atoms with Crippen molar-refractivity contribution in [1.82, 2.24) is 20.4 Å². The molecule has 50 heavy (non-hydrogen) atoms. The summed E-state index contributed by atoms with van der Waals surface area (Å²) in [5.41, 5.74) is -2.29. The molecule has 0 spiro atoms. The number of aliphatic imine (C=N–C) groups is 1. The Labute approximate surface area is 306 Å². The fourth-order valence-electron chi connectivity index (χ4n) is 5.59. The van der Waals surface area contributed by atoms with Gasteiger partial charge in [0.05, 0.1) is 30.3 Å². The minimum absolute atomic E-state index is 0. The van der Waals surface area contributed by atoms with Crippen molar-refractivity contribution in [2.24, 2.45) is 16.3 Å². The van der Waals surface area contributed by atoms with E-state index in [0.29, 0.717) is 12.1 Å². The summed E-state index contributed by atoms with van der Waals surface area (Å²) in [6.07, 6.45) is -4.76. The van der Waals surface area contributed by atoms with E-state index >= 15 is 0 Å². The number of likely N-dealkylation sites (N-methyl/N-ethyl adjacent to an activating group) is 2. The second-order valence-corrected chi connectivity index (χ2v) is 13.9. The Morgan fingerprint density at radius 1 is 1.12 bits per heavy atom. The van der Waals surface area contributed by atoms with E-state index in [9.17, 15) is 44.4 Å². The number of aliphatic hydroxyl groups is 4. The number of amides is 2. The number of nitrogens with zero attached hydrogens (tertiary/aromatic N) is 3. The van der Waals surface area contributed by atoms with Crippen LogP contribution in [0.3, 0.4) is 0 Å². The fourth-order valence-corrected chi connectivity index (χ4v) is 5.59. The normalized spacial score (nSPS) is 23.7. The molecule has 0 saturated carbocycles. The van der Waals surface area contributed by atoms with Crippen LogP contribution in [-0.2, 0) is 52.9 Å². The van der Waals surface area contributed by atoms with Gasteiger partial charge in [0.2, 0.25) is 5.91 Å². The maximum atomic E-state index is 14.0. The van der Waals surface area contributed by atoms with Gasteiger partial charge in [-0.15, -0.1) is 0 Å². The average Bonchev–Trinajstić information content (AvgIpc) is 3.49. The van der Waals surface area contributed by atoms with Crippen LogP contribution in [-0.4, -0.2) is 135 Å². The van der Waals surface area contributed by atoms with Crippen LogP contribution in [0.4, 0.5) is 0 Å². The summed E-state index contributed by atoms with van der Waals surface area (Å²) in [6.45, 7) is 12.2. The van der Waals surface area contributed by atoms with E-state index in [1.54, 1.807) is 20.8 Å². The molecule has 0 aliphatic carbocycles. The maximum Gasteiger partial charge on any atom is 2.00 e. The largest absolute Gasteiger partial charge is 2.00 e. The number of hydrogen-bond acceptors (Lipinski definition) is 14. The fraction of sp³-hybridized carbons (Fsp3) is 0.697. The Bertz CT molecular complexity index is 1360. The molecular formula is C33H53N5O11Zn+2. The van der Waals surface area contributed by atoms with Gasteiger partial charge < -0.3 is 45.4 Å². The van der Waals surface area contributed by atoms with E-state index < -0.39 is 107 Å². The first-order valence-electron chi connectivity index (χ1n) is 16.2. The number of likely N-dealkylation sites (tertiary alicyclic amines) is 1. The molecule has 276 valence electrons. The number of carbonyl (C=O) groups excluding carboxylic acids is 5. The molecule has 0 aromatic heterocycles. The van der Waals surface area contributed by atoms with Crippen molar-refractivity contribution >= 4 is 35.4 Å². The Morgan fingerprint density at radius 2 is 1.70 bits per heavy atom. The maximum absolute atomic E-state index is 14.0. The van der Waals surface area contributed by atoms with Crippen LogP contribution in [0.15, 0.2) is 28.3 Å². The van der Waals surface area contributed by atoms with Crippen molar-refractivity contribution in [1.29, 1.82) is 0 Å². The van der Waals surface area contributed by atoms with Crippen LogP contribution in [0.25, 0.3) is 0 Å². The van der Waals surface area contributed by atoms with Crippen LogP contribution in [0.5, 0.6) is 0 Å². The molecule has 8 atom stereocenters. The second kappa shape index (κ2) is 18.1. The molecule has 8 unspecified atom stereocenters. The Kier molecular flexibility index (Phi) is 16.1. The Balaban J connectivity index is 0.0000125. The molecule has 0 aromatic rings. The van der Waals surface area contributed by atoms with Gasteiger partial charge in [-0.1, -0.05) is 13.8 Å². The standard InChI is InChI=1S/C33H53N5O11.Zn/c1-15(2)27(26(44)23-25(43)17(4)38(11)31(23)46)49-32(47)33(7,8)28(48-19(6)40)22(13-20(41)12-21(42)14-39)35-30(45)24-16(3)34-29(36-24)18(5)37(9)10;/h14-18,20,22,24,27-28,39,41-42,44H,12-13H2,1-11H3,(H,34,36)(H,35,45);/q;+2/b21-14-,26-23+;. The first-order chi connectivity index (χ1) is 22.6. The zero-order valence-electron chi connectivity index (χ0n) is 30.9. The molecule has 0 radical (unpaired) electrons. The monoisotopic (exact) mass is 759 g/mol. The minimum Gasteiger partial charge on any atom is -0.512 e. The summed E-state index contributed by atoms with van der Waals surface area (Å²) in [4.78, 5) is 73.4. The minimum atomic E-state index is -1.79. The molecule has 0 aromatic carbocycles. The Hall–Kier alpha value is -3.56. The van der Waals surface area contributed by atoms with Crippen molar-refractivity contribution in [3.63, 3.8) is 0 Å². The molecule has 17 heteroatoms. The van der Waals surface area contributed by atoms with Crippen LogP contribution < -0.4 is 10.6 Å². The summed E-state index contributed by atoms with van der Waals surface area (Å²) in [5.74, 6) is -5.16. The Morgan fingerprint density at radius 3 is 2.16 bits per heavy atom. The number of aliphatic hydroxyl groups excluding tert-OH is 4. The van der Waals surface area contributed by atoms with Gasteiger partial charge in [0.25, 0.3) is 5.91 Å². The van der Waals surface area contributed by atoms with Crippen LogP contribution in [0.2, 0.25) is 0 Å². The smallest absolute Gasteiger partial charge is 0.512 e. The molecular weight excluding hydrogens is 708 g/mol. The van der Waals surface area contributed by atoms with Crippen LogP contribution >= 0.6 is 0 Å². The van der Waals surface area contributed by atoms with Crippen molar-refractivity contribution in [3.8, 4) is 0 Å². The molecule has 1 saturated heterocycles. The number of ketones is 1. The number of rotatable bonds is 15. The number of hydrogen-bond donors (Lipinski definition) is 6. The summed E-state index contributed by atoms with van der Waals surface area (Å²) in [7, 11) is 5.12. The van der Waals surface area contributed by atoms with E-state index in [1.165, 1.54) is 27.8 Å². The van der Waals surface area contributed by atoms with Crippen LogP contribution in [0.1, 0.15) is 68.2 Å². The van der Waals surface area contributed by atoms with Gasteiger partial charge in [-0.3, -0.25) is 33.9 Å². The SMILES string of the molecule is CC(=O)OC(C(CC(O)C/C(O)=C/O)NC(=O)C1N=C(C(C)N(C)C)NC1C)C(C)(C)C(=O)OC(/C(O)=C1/C(=O)C(C)N(C)C1=O)C(C)C.[Zn+2]. The van der Waals surface area contributed by atoms with Crippen molar-refractivity contribution in [3.05, 3.63) is 23.4 Å². The second-order valence-electron chi connectivity index (χ2n) is 13.9. The van der Waals surface area contributed by atoms with E-state index in [0.717, 1.165) is 11.8 Å². The average molecular weight is 761 g/mol. The summed E-state index contributed by atoms with van der Waals surface area (Å²) >= 11 is 0. The van der Waals surface area contributed by atoms with Gasteiger partial charge >= 0.3 is 31.4 Å². The third kappa shape index (κ3) is 10.3. The first kappa shape index (κ1) is 44.5. The molecule has 2 heterocycles. The zero-order chi connectivity index (χ0) is 37.7. The third-order valence-electron chi connectivity index (χ3n) is 9.02. The molecule has 2 aliphatic heterocycles. The van der Waals surface area contributed by atoms with Gasteiger partial charge in [-0.05, 0) is 61.1 Å². The molecule has 1 fully saturated rings. The first-order valence-corrected chi connectivity index (χ1v) is 16.2. The van der Waals surface area contributed by atoms with Gasteiger partial charge in [0.1, 0.15) is 40.7 Å². The van der Waals surface area contributed by atoms with Gasteiger partial charge in [-0.2, -0.15) is 0 Å². The summed E-state index contributed by atoms with van der Waals surface area (Å²) in [5, 5.41) is 47.0. The van der Waals surface area contributed by atoms with Crippen LogP contribution in [0, 0.1) is 11.3 Å². The predicted molar refractivity (Wildman–Crippen MR) is 178 cm³/mol. The molecule has 2 aliphatic rings. The van der Waals surface area contributed by atoms with Crippen molar-refractivity contribution in [2.45, 2.75) is 117 Å². The van der Waals surface area contributed by atoms with E-state index in [4.69, 9.17) is 9.47 Å². The number of Topliss-reactive ketones (excluding diaryl/α,β-unsaturated/α-hetero) is 1. The zero-order valence-corrected chi connectivity index (χ0v) is 33.9. The molecule has 2 amide bonds. The van der Waals surface area contributed by atoms with E-state index in [-0.39, 0.29) is 31.9 Å².